The van der Waals surface area contributed by atoms with E-state index in [2.05, 4.69) is 0 Å². The molecule has 0 atom stereocenters. The van der Waals surface area contributed by atoms with Gasteiger partial charge in [-0.05, 0) is 18.2 Å². The molecule has 0 bridgehead atoms. The van der Waals surface area contributed by atoms with E-state index in [1.807, 2.05) is 37.4 Å². The van der Waals surface area contributed by atoms with Gasteiger partial charge in [0.15, 0.2) is 0 Å². The SMILES string of the molecule is COC(=O)c1ccc(-c2ccccc2Cl)n1C. The molecule has 2 aromatic rings. The molecule has 0 radical (unpaired) electrons. The number of halogens is 1. The average molecular weight is 250 g/mol. The highest BCUT2D eigenvalue weighted by Crippen LogP contribution is 2.28. The molecule has 0 fully saturated rings. The maximum atomic E-state index is 11.5. The van der Waals surface area contributed by atoms with E-state index in [1.54, 1.807) is 10.6 Å². The lowest BCUT2D eigenvalue weighted by atomic mass is 10.1. The van der Waals surface area contributed by atoms with Gasteiger partial charge in [-0.25, -0.2) is 4.79 Å². The van der Waals surface area contributed by atoms with Gasteiger partial charge < -0.3 is 9.30 Å². The number of methoxy groups -OCH3 is 1. The van der Waals surface area contributed by atoms with E-state index < -0.39 is 0 Å². The molecule has 0 saturated carbocycles. The van der Waals surface area contributed by atoms with E-state index >= 15 is 0 Å². The lowest BCUT2D eigenvalue weighted by Crippen LogP contribution is -2.08. The summed E-state index contributed by atoms with van der Waals surface area (Å²) in [5.74, 6) is -0.356. The van der Waals surface area contributed by atoms with Crippen LogP contribution in [0, 0.1) is 0 Å². The number of nitrogens with zero attached hydrogens (tertiary/aromatic N) is 1. The van der Waals surface area contributed by atoms with Crippen LogP contribution >= 0.6 is 11.6 Å². The van der Waals surface area contributed by atoms with Crippen molar-refractivity contribution in [1.29, 1.82) is 0 Å². The summed E-state index contributed by atoms with van der Waals surface area (Å²) in [6.45, 7) is 0. The van der Waals surface area contributed by atoms with Gasteiger partial charge in [-0.3, -0.25) is 0 Å². The van der Waals surface area contributed by atoms with Gasteiger partial charge >= 0.3 is 5.97 Å². The van der Waals surface area contributed by atoms with Crippen molar-refractivity contribution in [3.05, 3.63) is 47.1 Å². The van der Waals surface area contributed by atoms with Gasteiger partial charge in [0, 0.05) is 23.3 Å². The molecule has 4 heteroatoms. The minimum Gasteiger partial charge on any atom is -0.464 e. The van der Waals surface area contributed by atoms with Crippen molar-refractivity contribution >= 4 is 17.6 Å². The second-order valence-corrected chi connectivity index (χ2v) is 4.04. The van der Waals surface area contributed by atoms with Gasteiger partial charge in [0.2, 0.25) is 0 Å². The third-order valence-corrected chi connectivity index (χ3v) is 3.00. The molecule has 3 nitrogen and oxygen atoms in total. The minimum atomic E-state index is -0.356. The molecular formula is C13H12ClNO2. The first-order valence-electron chi connectivity index (χ1n) is 5.14. The van der Waals surface area contributed by atoms with Gasteiger partial charge in [0.05, 0.1) is 7.11 Å². The minimum absolute atomic E-state index is 0.356. The van der Waals surface area contributed by atoms with Crippen LogP contribution in [0.5, 0.6) is 0 Å². The zero-order valence-electron chi connectivity index (χ0n) is 9.61. The predicted octanol–water partition coefficient (Wildman–Crippen LogP) is 3.13. The molecule has 0 spiro atoms. The number of aromatic nitrogens is 1. The van der Waals surface area contributed by atoms with E-state index in [9.17, 15) is 4.79 Å². The number of hydrogen-bond acceptors (Lipinski definition) is 2. The average Bonchev–Trinajstić information content (AvgIpc) is 2.71. The van der Waals surface area contributed by atoms with E-state index in [0.29, 0.717) is 10.7 Å². The maximum absolute atomic E-state index is 11.5. The van der Waals surface area contributed by atoms with Crippen LogP contribution in [0.1, 0.15) is 10.5 Å². The molecule has 0 aliphatic rings. The van der Waals surface area contributed by atoms with Crippen LogP contribution in [0.4, 0.5) is 0 Å². The van der Waals surface area contributed by atoms with E-state index in [0.717, 1.165) is 11.3 Å². The second kappa shape index (κ2) is 4.63. The summed E-state index contributed by atoms with van der Waals surface area (Å²) < 4.78 is 6.47. The van der Waals surface area contributed by atoms with Crippen LogP contribution in [0.25, 0.3) is 11.3 Å². The first kappa shape index (κ1) is 11.7. The van der Waals surface area contributed by atoms with Gasteiger partial charge in [-0.1, -0.05) is 29.8 Å². The van der Waals surface area contributed by atoms with E-state index in [4.69, 9.17) is 16.3 Å². The van der Waals surface area contributed by atoms with Crippen LogP contribution in [0.3, 0.4) is 0 Å². The number of ether oxygens (including phenoxy) is 1. The van der Waals surface area contributed by atoms with Crippen molar-refractivity contribution in [1.82, 2.24) is 4.57 Å². The largest absolute Gasteiger partial charge is 0.464 e. The maximum Gasteiger partial charge on any atom is 0.354 e. The Balaban J connectivity index is 2.52. The number of esters is 1. The Morgan fingerprint density at radius 1 is 1.24 bits per heavy atom. The van der Waals surface area contributed by atoms with E-state index in [-0.39, 0.29) is 5.97 Å². The summed E-state index contributed by atoms with van der Waals surface area (Å²) >= 11 is 6.12. The van der Waals surface area contributed by atoms with Gasteiger partial charge in [-0.15, -0.1) is 0 Å². The lowest BCUT2D eigenvalue weighted by Gasteiger charge is -2.07. The first-order chi connectivity index (χ1) is 8.15. The molecule has 1 heterocycles. The Morgan fingerprint density at radius 3 is 2.59 bits per heavy atom. The second-order valence-electron chi connectivity index (χ2n) is 3.63. The molecule has 0 saturated heterocycles. The van der Waals surface area contributed by atoms with E-state index in [1.165, 1.54) is 7.11 Å². The Morgan fingerprint density at radius 2 is 1.94 bits per heavy atom. The Kier molecular flexibility index (Phi) is 3.20. The van der Waals surface area contributed by atoms with Crippen molar-refractivity contribution < 1.29 is 9.53 Å². The van der Waals surface area contributed by atoms with Gasteiger partial charge in [0.1, 0.15) is 5.69 Å². The topological polar surface area (TPSA) is 31.2 Å². The summed E-state index contributed by atoms with van der Waals surface area (Å²) in [5, 5.41) is 0.658. The number of carbonyl (C=O) groups is 1. The molecule has 88 valence electrons. The highest BCUT2D eigenvalue weighted by molar-refractivity contribution is 6.33. The summed E-state index contributed by atoms with van der Waals surface area (Å²) in [6.07, 6.45) is 0. The van der Waals surface area contributed by atoms with Crippen molar-refractivity contribution in [2.45, 2.75) is 0 Å². The summed E-state index contributed by atoms with van der Waals surface area (Å²) in [4.78, 5) is 11.5. The monoisotopic (exact) mass is 249 g/mol. The van der Waals surface area contributed by atoms with Gasteiger partial charge in [-0.2, -0.15) is 0 Å². The van der Waals surface area contributed by atoms with Crippen LogP contribution in [0.15, 0.2) is 36.4 Å². The fraction of sp³-hybridized carbons (Fsp3) is 0.154. The van der Waals surface area contributed by atoms with Crippen LogP contribution in [-0.4, -0.2) is 17.6 Å². The predicted molar refractivity (Wildman–Crippen MR) is 67.2 cm³/mol. The number of carbonyl (C=O) groups excluding carboxylic acids is 1. The summed E-state index contributed by atoms with van der Waals surface area (Å²) in [6, 6.07) is 11.1. The normalized spacial score (nSPS) is 10.3. The van der Waals surface area contributed by atoms with Crippen molar-refractivity contribution in [3.8, 4) is 11.3 Å². The smallest absolute Gasteiger partial charge is 0.354 e. The summed E-state index contributed by atoms with van der Waals surface area (Å²) in [5.41, 5.74) is 2.28. The third kappa shape index (κ3) is 2.06. The number of rotatable bonds is 2. The molecular weight excluding hydrogens is 238 g/mol. The number of benzene rings is 1. The molecule has 1 aromatic heterocycles. The molecule has 17 heavy (non-hydrogen) atoms. The molecule has 0 aliphatic carbocycles. The Bertz CT molecular complexity index is 560. The Hall–Kier alpha value is -1.74. The Labute approximate surface area is 105 Å². The van der Waals surface area contributed by atoms with Crippen molar-refractivity contribution in [2.75, 3.05) is 7.11 Å². The quantitative estimate of drug-likeness (QED) is 0.766. The standard InChI is InChI=1S/C13H12ClNO2/c1-15-11(7-8-12(15)13(16)17-2)9-5-3-4-6-10(9)14/h3-8H,1-2H3. The van der Waals surface area contributed by atoms with Crippen LogP contribution in [0.2, 0.25) is 5.02 Å². The molecule has 0 amide bonds. The molecule has 0 unspecified atom stereocenters. The first-order valence-corrected chi connectivity index (χ1v) is 5.52. The fourth-order valence-electron chi connectivity index (χ4n) is 1.76. The third-order valence-electron chi connectivity index (χ3n) is 2.67. The lowest BCUT2D eigenvalue weighted by molar-refractivity contribution is 0.0590. The number of hydrogen-bond donors (Lipinski definition) is 0. The summed E-state index contributed by atoms with van der Waals surface area (Å²) in [7, 11) is 3.18. The molecule has 0 N–H and O–H groups in total. The zero-order chi connectivity index (χ0) is 12.4. The fourth-order valence-corrected chi connectivity index (χ4v) is 1.99. The van der Waals surface area contributed by atoms with Crippen molar-refractivity contribution in [3.63, 3.8) is 0 Å². The molecule has 2 rings (SSSR count). The molecule has 0 aliphatic heterocycles. The highest BCUT2D eigenvalue weighted by Gasteiger charge is 2.14. The van der Waals surface area contributed by atoms with Crippen LogP contribution in [-0.2, 0) is 11.8 Å². The zero-order valence-corrected chi connectivity index (χ0v) is 10.4. The van der Waals surface area contributed by atoms with Gasteiger partial charge in [0.25, 0.3) is 0 Å². The molecule has 1 aromatic carbocycles. The van der Waals surface area contributed by atoms with Crippen LogP contribution < -0.4 is 0 Å². The highest BCUT2D eigenvalue weighted by atomic mass is 35.5. The van der Waals surface area contributed by atoms with Crippen molar-refractivity contribution in [2.24, 2.45) is 7.05 Å².